The molecule has 31 heavy (non-hydrogen) atoms. The standard InChI is InChI=1S/C21H27N3O6S/c1-4-11-30-19(26)13-15-20(27)22-9-10-24(15)21(31)23-18(25)8-6-14-5-7-16(28-2)17(12-14)29-3/h5-8,12,15H,4,9-11,13H2,1-3H3,(H,22,27)(H,23,25,31). The average molecular weight is 450 g/mol. The first-order chi connectivity index (χ1) is 14.9. The zero-order valence-corrected chi connectivity index (χ0v) is 18.6. The Bertz CT molecular complexity index is 858. The summed E-state index contributed by atoms with van der Waals surface area (Å²) in [5, 5.41) is 5.36. The molecule has 2 rings (SSSR count). The minimum atomic E-state index is -0.833. The van der Waals surface area contributed by atoms with Gasteiger partial charge in [0.1, 0.15) is 6.04 Å². The van der Waals surface area contributed by atoms with Crippen molar-refractivity contribution in [1.29, 1.82) is 0 Å². The summed E-state index contributed by atoms with van der Waals surface area (Å²) in [7, 11) is 3.07. The lowest BCUT2D eigenvalue weighted by molar-refractivity contribution is -0.147. The molecule has 10 heteroatoms. The molecule has 2 amide bonds. The average Bonchev–Trinajstić information content (AvgIpc) is 2.77. The molecule has 1 aromatic rings. The van der Waals surface area contributed by atoms with E-state index in [4.69, 9.17) is 26.4 Å². The molecule has 1 aromatic carbocycles. The lowest BCUT2D eigenvalue weighted by Crippen LogP contribution is -2.60. The lowest BCUT2D eigenvalue weighted by atomic mass is 10.1. The van der Waals surface area contributed by atoms with Crippen LogP contribution in [0.25, 0.3) is 6.08 Å². The number of carbonyl (C=O) groups excluding carboxylic acids is 3. The van der Waals surface area contributed by atoms with Crippen LogP contribution in [0.15, 0.2) is 24.3 Å². The SMILES string of the molecule is CCCOC(=O)CC1C(=O)NCCN1C(=S)NC(=O)C=Cc1ccc(OC)c(OC)c1. The molecule has 1 heterocycles. The van der Waals surface area contributed by atoms with Crippen LogP contribution in [-0.2, 0) is 19.1 Å². The molecule has 0 bridgehead atoms. The predicted octanol–water partition coefficient (Wildman–Crippen LogP) is 1.26. The Labute approximate surface area is 186 Å². The van der Waals surface area contributed by atoms with Crippen LogP contribution in [0.3, 0.4) is 0 Å². The Morgan fingerprint density at radius 2 is 2.03 bits per heavy atom. The molecule has 1 fully saturated rings. The van der Waals surface area contributed by atoms with Crippen LogP contribution in [0.2, 0.25) is 0 Å². The second-order valence-corrected chi connectivity index (χ2v) is 7.05. The van der Waals surface area contributed by atoms with E-state index in [1.807, 2.05) is 6.92 Å². The number of nitrogens with zero attached hydrogens (tertiary/aromatic N) is 1. The van der Waals surface area contributed by atoms with Crippen molar-refractivity contribution >= 4 is 41.2 Å². The molecule has 1 saturated heterocycles. The summed E-state index contributed by atoms with van der Waals surface area (Å²) in [5.41, 5.74) is 0.729. The first-order valence-electron chi connectivity index (χ1n) is 9.84. The van der Waals surface area contributed by atoms with E-state index in [0.717, 1.165) is 5.56 Å². The lowest BCUT2D eigenvalue weighted by Gasteiger charge is -2.36. The number of piperazine rings is 1. The maximum absolute atomic E-state index is 12.3. The summed E-state index contributed by atoms with van der Waals surface area (Å²) in [6, 6.07) is 4.40. The van der Waals surface area contributed by atoms with Crippen LogP contribution in [0, 0.1) is 0 Å². The maximum Gasteiger partial charge on any atom is 0.308 e. The molecule has 1 atom stereocenters. The van der Waals surface area contributed by atoms with Gasteiger partial charge in [0.05, 0.1) is 27.2 Å². The quantitative estimate of drug-likeness (QED) is 0.347. The number of hydrogen-bond acceptors (Lipinski definition) is 7. The second kappa shape index (κ2) is 11.9. The number of esters is 1. The van der Waals surface area contributed by atoms with Crippen molar-refractivity contribution in [3.05, 3.63) is 29.8 Å². The van der Waals surface area contributed by atoms with Crippen LogP contribution in [0.5, 0.6) is 11.5 Å². The number of ether oxygens (including phenoxy) is 3. The third kappa shape index (κ3) is 6.95. The van der Waals surface area contributed by atoms with E-state index < -0.39 is 17.9 Å². The summed E-state index contributed by atoms with van der Waals surface area (Å²) in [6.45, 7) is 2.90. The van der Waals surface area contributed by atoms with E-state index in [1.165, 1.54) is 18.1 Å². The van der Waals surface area contributed by atoms with Gasteiger partial charge < -0.3 is 24.4 Å². The van der Waals surface area contributed by atoms with Crippen LogP contribution in [0.1, 0.15) is 25.3 Å². The second-order valence-electron chi connectivity index (χ2n) is 6.67. The molecule has 9 nitrogen and oxygen atoms in total. The third-order valence-corrected chi connectivity index (χ3v) is 4.82. The summed E-state index contributed by atoms with van der Waals surface area (Å²) >= 11 is 5.32. The first kappa shape index (κ1) is 24.1. The number of hydrogen-bond donors (Lipinski definition) is 2. The van der Waals surface area contributed by atoms with Gasteiger partial charge in [0.15, 0.2) is 16.6 Å². The fraction of sp³-hybridized carbons (Fsp3) is 0.429. The van der Waals surface area contributed by atoms with Gasteiger partial charge in [-0.2, -0.15) is 0 Å². The van der Waals surface area contributed by atoms with Crippen LogP contribution >= 0.6 is 12.2 Å². The van der Waals surface area contributed by atoms with E-state index in [1.54, 1.807) is 31.4 Å². The number of amides is 2. The third-order valence-electron chi connectivity index (χ3n) is 4.48. The fourth-order valence-electron chi connectivity index (χ4n) is 2.94. The van der Waals surface area contributed by atoms with Crippen molar-refractivity contribution < 1.29 is 28.6 Å². The van der Waals surface area contributed by atoms with Crippen LogP contribution in [0.4, 0.5) is 0 Å². The summed E-state index contributed by atoms with van der Waals surface area (Å²) in [4.78, 5) is 38.1. The normalized spacial score (nSPS) is 15.9. The number of carbonyl (C=O) groups is 3. The van der Waals surface area contributed by atoms with E-state index in [2.05, 4.69) is 10.6 Å². The van der Waals surface area contributed by atoms with Crippen molar-refractivity contribution in [3.8, 4) is 11.5 Å². The number of thiocarbonyl (C=S) groups is 1. The molecule has 0 aliphatic carbocycles. The Morgan fingerprint density at radius 3 is 2.71 bits per heavy atom. The van der Waals surface area contributed by atoms with E-state index in [-0.39, 0.29) is 24.0 Å². The highest BCUT2D eigenvalue weighted by Gasteiger charge is 2.34. The van der Waals surface area contributed by atoms with Gasteiger partial charge in [-0.15, -0.1) is 0 Å². The highest BCUT2D eigenvalue weighted by molar-refractivity contribution is 7.80. The van der Waals surface area contributed by atoms with Gasteiger partial charge in [0, 0.05) is 19.2 Å². The minimum absolute atomic E-state index is 0.0742. The predicted molar refractivity (Wildman–Crippen MR) is 119 cm³/mol. The zero-order chi connectivity index (χ0) is 22.8. The van der Waals surface area contributed by atoms with Gasteiger partial charge >= 0.3 is 5.97 Å². The molecule has 0 spiro atoms. The van der Waals surface area contributed by atoms with Crippen LogP contribution < -0.4 is 20.1 Å². The number of nitrogens with one attached hydrogen (secondary N) is 2. The van der Waals surface area contributed by atoms with Crippen molar-refractivity contribution in [2.24, 2.45) is 0 Å². The van der Waals surface area contributed by atoms with Crippen molar-refractivity contribution in [2.45, 2.75) is 25.8 Å². The molecule has 0 radical (unpaired) electrons. The molecule has 2 N–H and O–H groups in total. The van der Waals surface area contributed by atoms with Gasteiger partial charge in [-0.25, -0.2) is 0 Å². The molecule has 1 unspecified atom stereocenters. The molecule has 1 aliphatic rings. The molecule has 1 aliphatic heterocycles. The molecule has 0 saturated carbocycles. The van der Waals surface area contributed by atoms with E-state index >= 15 is 0 Å². The molecule has 168 valence electrons. The maximum atomic E-state index is 12.3. The smallest absolute Gasteiger partial charge is 0.308 e. The van der Waals surface area contributed by atoms with Crippen LogP contribution in [-0.4, -0.2) is 67.8 Å². The molecular formula is C21H27N3O6S. The number of benzene rings is 1. The van der Waals surface area contributed by atoms with Gasteiger partial charge in [-0.1, -0.05) is 13.0 Å². The number of rotatable bonds is 8. The highest BCUT2D eigenvalue weighted by Crippen LogP contribution is 2.27. The van der Waals surface area contributed by atoms with Crippen molar-refractivity contribution in [1.82, 2.24) is 15.5 Å². The minimum Gasteiger partial charge on any atom is -0.493 e. The Kier molecular flexibility index (Phi) is 9.26. The summed E-state index contributed by atoms with van der Waals surface area (Å²) in [5.74, 6) is -0.165. The van der Waals surface area contributed by atoms with Gasteiger partial charge in [0.25, 0.3) is 0 Å². The van der Waals surface area contributed by atoms with Gasteiger partial charge in [-0.3, -0.25) is 19.7 Å². The largest absolute Gasteiger partial charge is 0.493 e. The van der Waals surface area contributed by atoms with E-state index in [9.17, 15) is 14.4 Å². The number of methoxy groups -OCH3 is 2. The summed E-state index contributed by atoms with van der Waals surface area (Å²) < 4.78 is 15.5. The Morgan fingerprint density at radius 1 is 1.29 bits per heavy atom. The Balaban J connectivity index is 2.01. The van der Waals surface area contributed by atoms with Crippen molar-refractivity contribution in [2.75, 3.05) is 33.9 Å². The van der Waals surface area contributed by atoms with Gasteiger partial charge in [-0.05, 0) is 42.4 Å². The summed E-state index contributed by atoms with van der Waals surface area (Å²) in [6.07, 6.45) is 3.46. The first-order valence-corrected chi connectivity index (χ1v) is 10.3. The van der Waals surface area contributed by atoms with Gasteiger partial charge in [0.2, 0.25) is 11.8 Å². The molecule has 0 aromatic heterocycles. The van der Waals surface area contributed by atoms with Crippen molar-refractivity contribution in [3.63, 3.8) is 0 Å². The molecular weight excluding hydrogens is 422 g/mol. The Hall–Kier alpha value is -3.14. The zero-order valence-electron chi connectivity index (χ0n) is 17.8. The monoisotopic (exact) mass is 449 g/mol. The topological polar surface area (TPSA) is 106 Å². The highest BCUT2D eigenvalue weighted by atomic mass is 32.1. The van der Waals surface area contributed by atoms with E-state index in [0.29, 0.717) is 31.0 Å². The fourth-order valence-corrected chi connectivity index (χ4v) is 3.26.